The van der Waals surface area contributed by atoms with Crippen molar-refractivity contribution in [3.05, 3.63) is 35.1 Å². The third-order valence-corrected chi connectivity index (χ3v) is 4.37. The fourth-order valence-corrected chi connectivity index (χ4v) is 2.72. The van der Waals surface area contributed by atoms with Crippen LogP contribution in [0.1, 0.15) is 12.7 Å². The van der Waals surface area contributed by atoms with Crippen molar-refractivity contribution >= 4 is 35.3 Å². The Hall–Kier alpha value is -2.26. The van der Waals surface area contributed by atoms with Gasteiger partial charge in [0.15, 0.2) is 11.0 Å². The van der Waals surface area contributed by atoms with Crippen LogP contribution in [0.2, 0.25) is 5.02 Å². The minimum absolute atomic E-state index is 0.0501. The topological polar surface area (TPSA) is 98.1 Å². The highest BCUT2D eigenvalue weighted by Crippen LogP contribution is 2.24. The van der Waals surface area contributed by atoms with Crippen LogP contribution < -0.4 is 15.4 Å². The largest absolute Gasteiger partial charge is 0.484 e. The van der Waals surface area contributed by atoms with E-state index < -0.39 is 11.9 Å². The lowest BCUT2D eigenvalue weighted by Crippen LogP contribution is -2.40. The van der Waals surface area contributed by atoms with E-state index in [1.54, 1.807) is 30.7 Å². The summed E-state index contributed by atoms with van der Waals surface area (Å²) >= 11 is 7.21. The van der Waals surface area contributed by atoms with E-state index in [1.165, 1.54) is 11.8 Å². The van der Waals surface area contributed by atoms with Crippen LogP contribution in [0, 0.1) is 0 Å². The van der Waals surface area contributed by atoms with Gasteiger partial charge < -0.3 is 14.6 Å². The van der Waals surface area contributed by atoms with Gasteiger partial charge in [0.2, 0.25) is 5.91 Å². The molecule has 0 aliphatic carbocycles. The van der Waals surface area contributed by atoms with E-state index in [1.807, 2.05) is 12.1 Å². The van der Waals surface area contributed by atoms with E-state index in [0.717, 1.165) is 0 Å². The van der Waals surface area contributed by atoms with Gasteiger partial charge in [-0.3, -0.25) is 10.1 Å². The lowest BCUT2D eigenvalue weighted by molar-refractivity contribution is -0.117. The maximum Gasteiger partial charge on any atom is 0.321 e. The standard InChI is InChI=1S/C15H18ClN5O3S/c1-3-17-14(23)18-13(22)9-25-15-20-19-12(21(15)2)8-24-11-7-5-4-6-10(11)16/h4-7H,3,8-9H2,1-2H3,(H2,17,18,22,23). The smallest absolute Gasteiger partial charge is 0.321 e. The molecule has 0 bridgehead atoms. The summed E-state index contributed by atoms with van der Waals surface area (Å²) in [6.45, 7) is 2.41. The van der Waals surface area contributed by atoms with Crippen molar-refractivity contribution in [1.29, 1.82) is 0 Å². The summed E-state index contributed by atoms with van der Waals surface area (Å²) in [5, 5.41) is 13.8. The number of hydrogen-bond donors (Lipinski definition) is 2. The Balaban J connectivity index is 1.87. The number of imide groups is 1. The third kappa shape index (κ3) is 5.64. The van der Waals surface area contributed by atoms with Gasteiger partial charge in [-0.05, 0) is 19.1 Å². The van der Waals surface area contributed by atoms with Gasteiger partial charge in [0.05, 0.1) is 10.8 Å². The zero-order valence-corrected chi connectivity index (χ0v) is 15.4. The fraction of sp³-hybridized carbons (Fsp3) is 0.333. The molecule has 10 heteroatoms. The predicted molar refractivity (Wildman–Crippen MR) is 94.7 cm³/mol. The first-order valence-corrected chi connectivity index (χ1v) is 8.83. The molecule has 2 aromatic rings. The molecule has 8 nitrogen and oxygen atoms in total. The molecule has 134 valence electrons. The first kappa shape index (κ1) is 19.1. The fourth-order valence-electron chi connectivity index (χ4n) is 1.80. The molecule has 1 heterocycles. The van der Waals surface area contributed by atoms with Gasteiger partial charge in [-0.2, -0.15) is 0 Å². The highest BCUT2D eigenvalue weighted by Gasteiger charge is 2.13. The molecule has 0 aliphatic heterocycles. The van der Waals surface area contributed by atoms with Crippen LogP contribution in [-0.2, 0) is 18.4 Å². The normalized spacial score (nSPS) is 10.4. The number of ether oxygens (including phenoxy) is 1. The Bertz CT molecular complexity index is 753. The second-order valence-corrected chi connectivity index (χ2v) is 6.22. The quantitative estimate of drug-likeness (QED) is 0.709. The Morgan fingerprint density at radius 1 is 1.32 bits per heavy atom. The number of nitrogens with zero attached hydrogens (tertiary/aromatic N) is 3. The Kier molecular flexibility index (Phi) is 7.08. The molecule has 0 atom stereocenters. The summed E-state index contributed by atoms with van der Waals surface area (Å²) in [6, 6.07) is 6.63. The van der Waals surface area contributed by atoms with Crippen molar-refractivity contribution in [2.75, 3.05) is 12.3 Å². The predicted octanol–water partition coefficient (Wildman–Crippen LogP) is 1.99. The van der Waals surface area contributed by atoms with E-state index in [9.17, 15) is 9.59 Å². The number of carbonyl (C=O) groups excluding carboxylic acids is 2. The van der Waals surface area contributed by atoms with Gasteiger partial charge in [0.1, 0.15) is 12.4 Å². The Morgan fingerprint density at radius 2 is 2.08 bits per heavy atom. The molecule has 0 saturated carbocycles. The molecule has 0 fully saturated rings. The number of para-hydroxylation sites is 1. The summed E-state index contributed by atoms with van der Waals surface area (Å²) in [6.07, 6.45) is 0. The molecule has 0 saturated heterocycles. The van der Waals surface area contributed by atoms with Gasteiger partial charge in [0, 0.05) is 13.6 Å². The summed E-state index contributed by atoms with van der Waals surface area (Å²) in [7, 11) is 1.77. The second kappa shape index (κ2) is 9.28. The molecule has 1 aromatic heterocycles. The average Bonchev–Trinajstić information content (AvgIpc) is 2.92. The van der Waals surface area contributed by atoms with Gasteiger partial charge in [-0.25, -0.2) is 4.79 Å². The van der Waals surface area contributed by atoms with Crippen LogP contribution in [0.15, 0.2) is 29.4 Å². The van der Waals surface area contributed by atoms with Crippen LogP contribution in [0.3, 0.4) is 0 Å². The van der Waals surface area contributed by atoms with Crippen LogP contribution >= 0.6 is 23.4 Å². The summed E-state index contributed by atoms with van der Waals surface area (Å²) < 4.78 is 7.35. The van der Waals surface area contributed by atoms with Crippen molar-refractivity contribution in [2.45, 2.75) is 18.7 Å². The number of hydrogen-bond acceptors (Lipinski definition) is 6. The molecule has 25 heavy (non-hydrogen) atoms. The Morgan fingerprint density at radius 3 is 2.80 bits per heavy atom. The van der Waals surface area contributed by atoms with Gasteiger partial charge in [-0.15, -0.1) is 10.2 Å². The monoisotopic (exact) mass is 383 g/mol. The molecular formula is C15H18ClN5O3S. The summed E-state index contributed by atoms with van der Waals surface area (Å²) in [5.74, 6) is 0.788. The number of aromatic nitrogens is 3. The lowest BCUT2D eigenvalue weighted by atomic mass is 10.3. The summed E-state index contributed by atoms with van der Waals surface area (Å²) in [5.41, 5.74) is 0. The molecule has 0 spiro atoms. The number of benzene rings is 1. The number of amides is 3. The summed E-state index contributed by atoms with van der Waals surface area (Å²) in [4.78, 5) is 22.9. The van der Waals surface area contributed by atoms with Gasteiger partial charge in [-0.1, -0.05) is 35.5 Å². The molecule has 3 amide bonds. The van der Waals surface area contributed by atoms with E-state index >= 15 is 0 Å². The van der Waals surface area contributed by atoms with Crippen molar-refractivity contribution < 1.29 is 14.3 Å². The van der Waals surface area contributed by atoms with Crippen LogP contribution in [-0.4, -0.2) is 39.0 Å². The number of rotatable bonds is 7. The van der Waals surface area contributed by atoms with Gasteiger partial charge in [0.25, 0.3) is 0 Å². The maximum absolute atomic E-state index is 11.7. The van der Waals surface area contributed by atoms with E-state index in [0.29, 0.717) is 28.3 Å². The average molecular weight is 384 g/mol. The van der Waals surface area contributed by atoms with Crippen molar-refractivity contribution in [3.8, 4) is 5.75 Å². The molecular weight excluding hydrogens is 366 g/mol. The molecule has 1 aromatic carbocycles. The third-order valence-electron chi connectivity index (χ3n) is 3.04. The minimum atomic E-state index is -0.514. The van der Waals surface area contributed by atoms with E-state index in [4.69, 9.17) is 16.3 Å². The SMILES string of the molecule is CCNC(=O)NC(=O)CSc1nnc(COc2ccccc2Cl)n1C. The van der Waals surface area contributed by atoms with Crippen molar-refractivity contribution in [1.82, 2.24) is 25.4 Å². The number of carbonyl (C=O) groups is 2. The number of thioether (sulfide) groups is 1. The van der Waals surface area contributed by atoms with Gasteiger partial charge >= 0.3 is 6.03 Å². The zero-order valence-electron chi connectivity index (χ0n) is 13.8. The zero-order chi connectivity index (χ0) is 18.2. The molecule has 2 N–H and O–H groups in total. The van der Waals surface area contributed by atoms with E-state index in [2.05, 4.69) is 20.8 Å². The molecule has 0 radical (unpaired) electrons. The van der Waals surface area contributed by atoms with Crippen molar-refractivity contribution in [2.24, 2.45) is 7.05 Å². The van der Waals surface area contributed by atoms with Crippen LogP contribution in [0.25, 0.3) is 0 Å². The van der Waals surface area contributed by atoms with Crippen molar-refractivity contribution in [3.63, 3.8) is 0 Å². The molecule has 0 aliphatic rings. The van der Waals surface area contributed by atoms with Crippen LogP contribution in [0.4, 0.5) is 4.79 Å². The van der Waals surface area contributed by atoms with Crippen LogP contribution in [0.5, 0.6) is 5.75 Å². The second-order valence-electron chi connectivity index (χ2n) is 4.87. The number of nitrogens with one attached hydrogen (secondary N) is 2. The highest BCUT2D eigenvalue weighted by molar-refractivity contribution is 7.99. The maximum atomic E-state index is 11.7. The molecule has 2 rings (SSSR count). The molecule has 0 unspecified atom stereocenters. The first-order valence-electron chi connectivity index (χ1n) is 7.47. The first-order chi connectivity index (χ1) is 12.0. The van der Waals surface area contributed by atoms with E-state index in [-0.39, 0.29) is 12.4 Å². The number of halogens is 1. The lowest BCUT2D eigenvalue weighted by Gasteiger charge is -2.08. The number of urea groups is 1. The minimum Gasteiger partial charge on any atom is -0.484 e. The highest BCUT2D eigenvalue weighted by atomic mass is 35.5. The Labute approximate surface area is 154 Å².